The van der Waals surface area contributed by atoms with Gasteiger partial charge < -0.3 is 24.4 Å². The van der Waals surface area contributed by atoms with Crippen molar-refractivity contribution < 1.29 is 34.0 Å². The zero-order valence-electron chi connectivity index (χ0n) is 17.6. The van der Waals surface area contributed by atoms with E-state index in [1.165, 1.54) is 6.07 Å². The number of unbranched alkanes of at least 4 members (excludes halogenated alkanes) is 2. The summed E-state index contributed by atoms with van der Waals surface area (Å²) in [5.41, 5.74) is 1.98. The van der Waals surface area contributed by atoms with Crippen LogP contribution in [0.25, 0.3) is 0 Å². The summed E-state index contributed by atoms with van der Waals surface area (Å²) in [7, 11) is 0. The lowest BCUT2D eigenvalue weighted by Gasteiger charge is -2.17. The third kappa shape index (κ3) is 8.94. The maximum Gasteiger partial charge on any atom is 0.339 e. The minimum atomic E-state index is -1.13. The average molecular weight is 411 g/mol. The van der Waals surface area contributed by atoms with Gasteiger partial charge in [0.2, 0.25) is 0 Å². The predicted molar refractivity (Wildman–Crippen MR) is 110 cm³/mol. The van der Waals surface area contributed by atoms with Crippen molar-refractivity contribution in [2.45, 2.75) is 52.4 Å². The van der Waals surface area contributed by atoms with Gasteiger partial charge in [-0.05, 0) is 42.9 Å². The maximum absolute atomic E-state index is 12.8. The standard InChI is InChI=1S/C22H34O7/c1-3-5-7-17-9-10-19(21(24)25)20(18(17)8-6-4-2)22(26)29-16-15-28-14-13-27-12-11-23/h9-10,23H,3-8,11-16H2,1-2H3,(H,24,25). The van der Waals surface area contributed by atoms with Gasteiger partial charge in [-0.2, -0.15) is 0 Å². The van der Waals surface area contributed by atoms with Crippen molar-refractivity contribution in [3.8, 4) is 0 Å². The Kier molecular flexibility index (Phi) is 12.9. The molecule has 0 bridgehead atoms. The number of aryl methyl sites for hydroxylation is 1. The summed E-state index contributed by atoms with van der Waals surface area (Å²) in [5.74, 6) is -1.75. The fourth-order valence-corrected chi connectivity index (χ4v) is 2.99. The highest BCUT2D eigenvalue weighted by Crippen LogP contribution is 2.25. The number of benzene rings is 1. The summed E-state index contributed by atoms with van der Waals surface area (Å²) in [6.45, 7) is 5.27. The molecule has 0 spiro atoms. The van der Waals surface area contributed by atoms with Crippen molar-refractivity contribution in [2.75, 3.05) is 39.6 Å². The van der Waals surface area contributed by atoms with Crippen LogP contribution in [0.1, 0.15) is 71.4 Å². The number of esters is 1. The normalized spacial score (nSPS) is 10.9. The topological polar surface area (TPSA) is 102 Å². The largest absolute Gasteiger partial charge is 0.478 e. The van der Waals surface area contributed by atoms with Crippen molar-refractivity contribution in [3.63, 3.8) is 0 Å². The predicted octanol–water partition coefficient (Wildman–Crippen LogP) is 3.25. The number of rotatable bonds is 16. The third-order valence-corrected chi connectivity index (χ3v) is 4.49. The lowest BCUT2D eigenvalue weighted by molar-refractivity contribution is 0.00902. The van der Waals surface area contributed by atoms with Gasteiger partial charge in [0.05, 0.1) is 44.2 Å². The lowest BCUT2D eigenvalue weighted by Crippen LogP contribution is -2.19. The molecule has 1 rings (SSSR count). The summed E-state index contributed by atoms with van der Waals surface area (Å²) in [6.07, 6.45) is 5.29. The first kappa shape index (κ1) is 25.1. The highest BCUT2D eigenvalue weighted by atomic mass is 16.6. The Morgan fingerprint density at radius 3 is 2.14 bits per heavy atom. The van der Waals surface area contributed by atoms with Gasteiger partial charge in [-0.25, -0.2) is 9.59 Å². The fourth-order valence-electron chi connectivity index (χ4n) is 2.99. The van der Waals surface area contributed by atoms with E-state index in [1.807, 2.05) is 6.07 Å². The highest BCUT2D eigenvalue weighted by molar-refractivity contribution is 6.03. The number of aliphatic hydroxyl groups excluding tert-OH is 1. The maximum atomic E-state index is 12.8. The van der Waals surface area contributed by atoms with Crippen molar-refractivity contribution in [1.29, 1.82) is 0 Å². The molecule has 0 aromatic heterocycles. The van der Waals surface area contributed by atoms with Crippen LogP contribution < -0.4 is 0 Å². The molecule has 0 fully saturated rings. The summed E-state index contributed by atoms with van der Waals surface area (Å²) in [4.78, 5) is 24.5. The Morgan fingerprint density at radius 1 is 0.897 bits per heavy atom. The molecule has 0 radical (unpaired) electrons. The molecule has 0 aliphatic heterocycles. The van der Waals surface area contributed by atoms with Crippen LogP contribution in [-0.4, -0.2) is 61.8 Å². The van der Waals surface area contributed by atoms with Crippen LogP contribution in [0.15, 0.2) is 12.1 Å². The summed E-state index contributed by atoms with van der Waals surface area (Å²) in [6, 6.07) is 3.34. The molecular formula is C22H34O7. The van der Waals surface area contributed by atoms with E-state index in [-0.39, 0.29) is 37.6 Å². The number of carboxylic acid groups (broad SMARTS) is 1. The van der Waals surface area contributed by atoms with Gasteiger partial charge in [-0.3, -0.25) is 0 Å². The first-order valence-electron chi connectivity index (χ1n) is 10.4. The third-order valence-electron chi connectivity index (χ3n) is 4.49. The molecule has 7 heteroatoms. The minimum Gasteiger partial charge on any atom is -0.478 e. The second kappa shape index (κ2) is 15.0. The molecule has 164 valence electrons. The molecule has 0 unspecified atom stereocenters. The van der Waals surface area contributed by atoms with Crippen molar-refractivity contribution in [3.05, 3.63) is 34.4 Å². The number of hydrogen-bond donors (Lipinski definition) is 2. The molecule has 0 saturated heterocycles. The number of aliphatic hydroxyl groups is 1. The summed E-state index contributed by atoms with van der Waals surface area (Å²) >= 11 is 0. The Hall–Kier alpha value is -1.96. The van der Waals surface area contributed by atoms with Crippen LogP contribution >= 0.6 is 0 Å². The summed E-state index contributed by atoms with van der Waals surface area (Å²) < 4.78 is 15.7. The Morgan fingerprint density at radius 2 is 1.52 bits per heavy atom. The van der Waals surface area contributed by atoms with Gasteiger partial charge >= 0.3 is 11.9 Å². The van der Waals surface area contributed by atoms with Gasteiger partial charge in [-0.15, -0.1) is 0 Å². The Balaban J connectivity index is 2.85. The molecule has 2 N–H and O–H groups in total. The molecule has 29 heavy (non-hydrogen) atoms. The molecule has 0 amide bonds. The van der Waals surface area contributed by atoms with E-state index in [4.69, 9.17) is 19.3 Å². The monoisotopic (exact) mass is 410 g/mol. The first-order valence-corrected chi connectivity index (χ1v) is 10.4. The van der Waals surface area contributed by atoms with E-state index in [0.717, 1.165) is 43.2 Å². The molecule has 0 heterocycles. The number of ether oxygens (including phenoxy) is 3. The number of carboxylic acids is 1. The zero-order valence-corrected chi connectivity index (χ0v) is 17.6. The van der Waals surface area contributed by atoms with E-state index in [2.05, 4.69) is 13.8 Å². The average Bonchev–Trinajstić information content (AvgIpc) is 2.71. The smallest absolute Gasteiger partial charge is 0.339 e. The molecule has 1 aromatic rings. The molecular weight excluding hydrogens is 376 g/mol. The van der Waals surface area contributed by atoms with Crippen molar-refractivity contribution in [1.82, 2.24) is 0 Å². The Labute approximate surface area is 173 Å². The number of carbonyl (C=O) groups is 2. The van der Waals surface area contributed by atoms with Gasteiger partial charge in [0, 0.05) is 0 Å². The van der Waals surface area contributed by atoms with Crippen molar-refractivity contribution in [2.24, 2.45) is 0 Å². The number of carbonyl (C=O) groups excluding carboxylic acids is 1. The van der Waals surface area contributed by atoms with E-state index in [0.29, 0.717) is 19.6 Å². The van der Waals surface area contributed by atoms with Crippen LogP contribution in [0.4, 0.5) is 0 Å². The van der Waals surface area contributed by atoms with E-state index < -0.39 is 11.9 Å². The molecule has 0 aliphatic carbocycles. The van der Waals surface area contributed by atoms with Crippen molar-refractivity contribution >= 4 is 11.9 Å². The van der Waals surface area contributed by atoms with Crippen LogP contribution in [0.5, 0.6) is 0 Å². The lowest BCUT2D eigenvalue weighted by atomic mass is 9.90. The highest BCUT2D eigenvalue weighted by Gasteiger charge is 2.24. The molecule has 0 aliphatic rings. The van der Waals surface area contributed by atoms with Gasteiger partial charge in [0.1, 0.15) is 6.61 Å². The number of aromatic carboxylic acids is 1. The zero-order chi connectivity index (χ0) is 21.5. The first-order chi connectivity index (χ1) is 14.1. The van der Waals surface area contributed by atoms with Crippen LogP contribution in [0.2, 0.25) is 0 Å². The molecule has 1 aromatic carbocycles. The van der Waals surface area contributed by atoms with E-state index in [9.17, 15) is 14.7 Å². The second-order valence-corrected chi connectivity index (χ2v) is 6.72. The SMILES string of the molecule is CCCCc1ccc(C(=O)O)c(C(=O)OCCOCCOCCO)c1CCCC. The van der Waals surface area contributed by atoms with Crippen LogP contribution in [-0.2, 0) is 27.1 Å². The fraction of sp³-hybridized carbons (Fsp3) is 0.636. The van der Waals surface area contributed by atoms with Crippen LogP contribution in [0, 0.1) is 0 Å². The number of hydrogen-bond acceptors (Lipinski definition) is 6. The van der Waals surface area contributed by atoms with E-state index >= 15 is 0 Å². The van der Waals surface area contributed by atoms with Gasteiger partial charge in [0.25, 0.3) is 0 Å². The Bertz CT molecular complexity index is 628. The molecule has 0 saturated carbocycles. The van der Waals surface area contributed by atoms with Crippen LogP contribution in [0.3, 0.4) is 0 Å². The summed E-state index contributed by atoms with van der Waals surface area (Å²) in [5, 5.41) is 18.2. The minimum absolute atomic E-state index is 0.0142. The van der Waals surface area contributed by atoms with Gasteiger partial charge in [0.15, 0.2) is 0 Å². The molecule has 7 nitrogen and oxygen atoms in total. The second-order valence-electron chi connectivity index (χ2n) is 6.72. The molecule has 0 atom stereocenters. The van der Waals surface area contributed by atoms with Gasteiger partial charge in [-0.1, -0.05) is 32.8 Å². The quantitative estimate of drug-likeness (QED) is 0.318. The van der Waals surface area contributed by atoms with E-state index in [1.54, 1.807) is 0 Å².